The van der Waals surface area contributed by atoms with E-state index in [0.29, 0.717) is 11.9 Å². The van der Waals surface area contributed by atoms with Crippen molar-refractivity contribution >= 4 is 53.4 Å². The number of ether oxygens (including phenoxy) is 1. The number of phenolic OH excluding ortho intramolecular Hbond substituents is 1. The smallest absolute Gasteiger partial charge is 0.120 e. The highest BCUT2D eigenvalue weighted by Crippen LogP contribution is 2.33. The van der Waals surface area contributed by atoms with E-state index in [1.807, 2.05) is 24.3 Å². The normalized spacial score (nSPS) is 22.1. The fraction of sp³-hybridized carbons (Fsp3) is 0.474. The molecule has 0 bridgehead atoms. The molecule has 0 aliphatic heterocycles. The van der Waals surface area contributed by atoms with Crippen LogP contribution in [0.4, 0.5) is 0 Å². The molecular weight excluding hydrogens is 664 g/mol. The van der Waals surface area contributed by atoms with Gasteiger partial charge in [0.2, 0.25) is 0 Å². The van der Waals surface area contributed by atoms with E-state index in [2.05, 4.69) is 96.0 Å². The molecular formula is C38H48Br2O3. The summed E-state index contributed by atoms with van der Waals surface area (Å²) in [5.74, 6) is 4.71. The van der Waals surface area contributed by atoms with Crippen LogP contribution in [0, 0.1) is 23.7 Å². The number of fused-ring (bicyclic) bond motifs is 2. The number of phenols is 1. The Labute approximate surface area is 275 Å². The molecule has 0 aromatic heterocycles. The molecule has 2 aliphatic carbocycles. The standard InChI is InChI=1S/C19H23BrO.C10H7BrO.C9H18O/c1-13(2)14-4-8-18(9-5-14)21-19-10-6-15-11-17(20)7-3-16(15)12-19;11-9-3-1-8-6-10(12)4-2-7(8)5-9;1-7(2)8-3-5-9(10)6-4-8/h3,6-7,10-14,18H,4-5,8-9H2,1-2H3;1-6,12H;7-10H,3-6H2,1-2H3. The van der Waals surface area contributed by atoms with Crippen LogP contribution in [0.25, 0.3) is 21.5 Å². The van der Waals surface area contributed by atoms with Gasteiger partial charge in [-0.25, -0.2) is 0 Å². The molecule has 3 nitrogen and oxygen atoms in total. The van der Waals surface area contributed by atoms with Crippen molar-refractivity contribution in [3.05, 3.63) is 81.7 Å². The van der Waals surface area contributed by atoms with Crippen molar-refractivity contribution in [3.8, 4) is 11.5 Å². The first-order valence-electron chi connectivity index (χ1n) is 16.0. The monoisotopic (exact) mass is 710 g/mol. The minimum atomic E-state index is 0.00926. The van der Waals surface area contributed by atoms with E-state index in [-0.39, 0.29) is 6.10 Å². The fourth-order valence-corrected chi connectivity index (χ4v) is 7.06. The summed E-state index contributed by atoms with van der Waals surface area (Å²) in [7, 11) is 0. The lowest BCUT2D eigenvalue weighted by molar-refractivity contribution is 0.0963. The lowest BCUT2D eigenvalue weighted by Gasteiger charge is -2.31. The Hall–Kier alpha value is -2.08. The van der Waals surface area contributed by atoms with Gasteiger partial charge in [-0.15, -0.1) is 0 Å². The van der Waals surface area contributed by atoms with Crippen molar-refractivity contribution in [2.45, 2.75) is 91.3 Å². The van der Waals surface area contributed by atoms with Gasteiger partial charge in [-0.2, -0.15) is 0 Å². The van der Waals surface area contributed by atoms with E-state index in [1.165, 1.54) is 49.3 Å². The Balaban J connectivity index is 0.000000163. The molecule has 0 unspecified atom stereocenters. The van der Waals surface area contributed by atoms with Crippen molar-refractivity contribution in [1.29, 1.82) is 0 Å². The van der Waals surface area contributed by atoms with Crippen molar-refractivity contribution in [2.24, 2.45) is 23.7 Å². The van der Waals surface area contributed by atoms with Gasteiger partial charge >= 0.3 is 0 Å². The van der Waals surface area contributed by atoms with Gasteiger partial charge in [-0.1, -0.05) is 83.8 Å². The summed E-state index contributed by atoms with van der Waals surface area (Å²) >= 11 is 6.90. The maximum absolute atomic E-state index is 9.21. The first kappa shape index (κ1) is 33.8. The Morgan fingerprint density at radius 2 is 1.02 bits per heavy atom. The molecule has 6 rings (SSSR count). The van der Waals surface area contributed by atoms with Gasteiger partial charge in [0, 0.05) is 8.95 Å². The van der Waals surface area contributed by atoms with Gasteiger partial charge in [0.05, 0.1) is 12.2 Å². The topological polar surface area (TPSA) is 49.7 Å². The second-order valence-electron chi connectivity index (χ2n) is 13.0. The SMILES string of the molecule is CC(C)C1CCC(O)CC1.CC(C)C1CCC(Oc2ccc3cc(Br)ccc3c2)CC1.Oc1ccc2cc(Br)ccc2c1. The Morgan fingerprint density at radius 1 is 0.581 bits per heavy atom. The van der Waals surface area contributed by atoms with Crippen LogP contribution in [-0.4, -0.2) is 22.4 Å². The predicted molar refractivity (Wildman–Crippen MR) is 189 cm³/mol. The zero-order valence-electron chi connectivity index (χ0n) is 26.1. The van der Waals surface area contributed by atoms with Crippen LogP contribution in [0.15, 0.2) is 81.7 Å². The van der Waals surface area contributed by atoms with Crippen LogP contribution in [0.5, 0.6) is 11.5 Å². The molecule has 2 aliphatic rings. The van der Waals surface area contributed by atoms with Gasteiger partial charge in [-0.05, 0) is 145 Å². The van der Waals surface area contributed by atoms with Crippen molar-refractivity contribution in [3.63, 3.8) is 0 Å². The molecule has 2 fully saturated rings. The van der Waals surface area contributed by atoms with Crippen LogP contribution in [0.3, 0.4) is 0 Å². The third-order valence-electron chi connectivity index (χ3n) is 9.21. The Kier molecular flexibility index (Phi) is 12.8. The summed E-state index contributed by atoms with van der Waals surface area (Å²) in [6.07, 6.45) is 9.94. The minimum absolute atomic E-state index is 0.00926. The van der Waals surface area contributed by atoms with E-state index in [9.17, 15) is 10.2 Å². The molecule has 4 aromatic carbocycles. The van der Waals surface area contributed by atoms with Crippen molar-refractivity contribution < 1.29 is 14.9 Å². The average Bonchev–Trinajstić information content (AvgIpc) is 2.98. The summed E-state index contributed by atoms with van der Waals surface area (Å²) in [5.41, 5.74) is 0. The van der Waals surface area contributed by atoms with Crippen LogP contribution in [0.2, 0.25) is 0 Å². The molecule has 2 saturated carbocycles. The van der Waals surface area contributed by atoms with Crippen molar-refractivity contribution in [2.75, 3.05) is 0 Å². The van der Waals surface area contributed by atoms with E-state index >= 15 is 0 Å². The summed E-state index contributed by atoms with van der Waals surface area (Å²) in [6.45, 7) is 9.24. The molecule has 5 heteroatoms. The molecule has 0 amide bonds. The lowest BCUT2D eigenvalue weighted by atomic mass is 9.80. The largest absolute Gasteiger partial charge is 0.508 e. The second-order valence-corrected chi connectivity index (χ2v) is 14.9. The molecule has 232 valence electrons. The number of hydrogen-bond acceptors (Lipinski definition) is 3. The molecule has 0 saturated heterocycles. The Morgan fingerprint density at radius 3 is 1.56 bits per heavy atom. The third-order valence-corrected chi connectivity index (χ3v) is 10.2. The minimum Gasteiger partial charge on any atom is -0.508 e. The summed E-state index contributed by atoms with van der Waals surface area (Å²) in [4.78, 5) is 0. The molecule has 2 N–H and O–H groups in total. The number of rotatable bonds is 4. The summed E-state index contributed by atoms with van der Waals surface area (Å²) in [6, 6.07) is 24.1. The zero-order chi connectivity index (χ0) is 30.9. The summed E-state index contributed by atoms with van der Waals surface area (Å²) in [5, 5.41) is 23.1. The number of aliphatic hydroxyl groups excluding tert-OH is 1. The molecule has 4 aromatic rings. The average molecular weight is 713 g/mol. The first-order chi connectivity index (χ1) is 20.6. The van der Waals surface area contributed by atoms with Crippen LogP contribution < -0.4 is 4.74 Å². The van der Waals surface area contributed by atoms with Gasteiger partial charge < -0.3 is 14.9 Å². The third kappa shape index (κ3) is 10.5. The fourth-order valence-electron chi connectivity index (χ4n) is 6.31. The molecule has 0 spiro atoms. The van der Waals surface area contributed by atoms with Crippen molar-refractivity contribution in [1.82, 2.24) is 0 Å². The molecule has 0 atom stereocenters. The van der Waals surface area contributed by atoms with E-state index in [0.717, 1.165) is 62.0 Å². The van der Waals surface area contributed by atoms with E-state index in [1.54, 1.807) is 12.1 Å². The highest BCUT2D eigenvalue weighted by Gasteiger charge is 2.24. The number of benzene rings is 4. The highest BCUT2D eigenvalue weighted by molar-refractivity contribution is 9.10. The van der Waals surface area contributed by atoms with E-state index < -0.39 is 0 Å². The van der Waals surface area contributed by atoms with Gasteiger partial charge in [-0.3, -0.25) is 0 Å². The Bertz CT molecular complexity index is 1390. The molecule has 0 heterocycles. The van der Waals surface area contributed by atoms with Crippen LogP contribution in [0.1, 0.15) is 79.1 Å². The van der Waals surface area contributed by atoms with Crippen LogP contribution in [-0.2, 0) is 0 Å². The number of aliphatic hydroxyl groups is 1. The molecule has 0 radical (unpaired) electrons. The zero-order valence-corrected chi connectivity index (χ0v) is 29.3. The highest BCUT2D eigenvalue weighted by atomic mass is 79.9. The molecule has 43 heavy (non-hydrogen) atoms. The maximum atomic E-state index is 9.21. The van der Waals surface area contributed by atoms with Gasteiger partial charge in [0.15, 0.2) is 0 Å². The number of halogens is 2. The van der Waals surface area contributed by atoms with Gasteiger partial charge in [0.1, 0.15) is 11.5 Å². The predicted octanol–water partition coefficient (Wildman–Crippen LogP) is 11.7. The number of hydrogen-bond donors (Lipinski definition) is 2. The summed E-state index contributed by atoms with van der Waals surface area (Å²) < 4.78 is 8.39. The lowest BCUT2D eigenvalue weighted by Crippen LogP contribution is -2.26. The number of aromatic hydroxyl groups is 1. The second kappa shape index (κ2) is 16.3. The quantitative estimate of drug-likeness (QED) is 0.221. The van der Waals surface area contributed by atoms with Crippen LogP contribution >= 0.6 is 31.9 Å². The van der Waals surface area contributed by atoms with E-state index in [4.69, 9.17) is 4.74 Å². The van der Waals surface area contributed by atoms with Gasteiger partial charge in [0.25, 0.3) is 0 Å². The first-order valence-corrected chi connectivity index (χ1v) is 17.6. The maximum Gasteiger partial charge on any atom is 0.120 e.